The topological polar surface area (TPSA) is 47.1 Å². The van der Waals surface area contributed by atoms with Crippen molar-refractivity contribution in [3.8, 4) is 0 Å². The van der Waals surface area contributed by atoms with Crippen LogP contribution in [0, 0.1) is 0 Å². The first kappa shape index (κ1) is 17.6. The van der Waals surface area contributed by atoms with Crippen LogP contribution in [0.25, 0.3) is 0 Å². The number of hydrogen-bond donors (Lipinski definition) is 1. The molecule has 0 aromatic carbocycles. The Bertz CT molecular complexity index is 340. The molecule has 0 aliphatic carbocycles. The maximum absolute atomic E-state index is 12.9. The zero-order valence-electron chi connectivity index (χ0n) is 10.5. The van der Waals surface area contributed by atoms with Crippen LogP contribution in [0.1, 0.15) is 24.4 Å². The van der Waals surface area contributed by atoms with E-state index in [0.29, 0.717) is 12.8 Å². The molecule has 0 bridgehead atoms. The van der Waals surface area contributed by atoms with Gasteiger partial charge in [-0.1, -0.05) is 0 Å². The fraction of sp³-hybridized carbons (Fsp3) is 0.727. The maximum Gasteiger partial charge on any atom is 0.103 e. The maximum atomic E-state index is 12.9. The Morgan fingerprint density at radius 3 is 2.56 bits per heavy atom. The second-order valence-corrected chi connectivity index (χ2v) is 4.53. The van der Waals surface area contributed by atoms with Gasteiger partial charge >= 0.3 is 0 Å². The normalized spacial score (nSPS) is 18.8. The molecular formula is C11H21Cl2FN4. The third-order valence-electron chi connectivity index (χ3n) is 3.13. The Morgan fingerprint density at radius 1 is 1.44 bits per heavy atom. The standard InChI is InChI=1S/C11H19FN4.2ClH/c1-15-7-9(6-14-15)11(13)8-16-4-2-10(12)3-5-16;;/h6-7,10-11H,2-5,8,13H2,1H3;2*1H. The van der Waals surface area contributed by atoms with Crippen LogP contribution in [0.3, 0.4) is 0 Å². The van der Waals surface area contributed by atoms with Crippen LogP contribution >= 0.6 is 24.8 Å². The summed E-state index contributed by atoms with van der Waals surface area (Å²) in [5.74, 6) is 0. The minimum atomic E-state index is -0.620. The summed E-state index contributed by atoms with van der Waals surface area (Å²) < 4.78 is 14.7. The molecule has 106 valence electrons. The molecule has 1 fully saturated rings. The first-order valence-electron chi connectivity index (χ1n) is 5.75. The number of nitrogens with two attached hydrogens (primary N) is 1. The third-order valence-corrected chi connectivity index (χ3v) is 3.13. The number of piperidine rings is 1. The van der Waals surface area contributed by atoms with Crippen LogP contribution < -0.4 is 5.73 Å². The molecule has 2 N–H and O–H groups in total. The Morgan fingerprint density at radius 2 is 2.06 bits per heavy atom. The molecule has 2 heterocycles. The van der Waals surface area contributed by atoms with Gasteiger partial charge < -0.3 is 10.6 Å². The molecule has 0 saturated carbocycles. The van der Waals surface area contributed by atoms with Crippen molar-refractivity contribution in [2.24, 2.45) is 12.8 Å². The van der Waals surface area contributed by atoms with Crippen molar-refractivity contribution in [1.29, 1.82) is 0 Å². The Kier molecular flexibility index (Phi) is 7.78. The van der Waals surface area contributed by atoms with Crippen molar-refractivity contribution in [2.75, 3.05) is 19.6 Å². The van der Waals surface area contributed by atoms with Gasteiger partial charge in [-0.15, -0.1) is 24.8 Å². The minimum Gasteiger partial charge on any atom is -0.323 e. The van der Waals surface area contributed by atoms with E-state index in [4.69, 9.17) is 5.73 Å². The van der Waals surface area contributed by atoms with Crippen LogP contribution in [-0.2, 0) is 7.05 Å². The molecule has 1 unspecified atom stereocenters. The summed E-state index contributed by atoms with van der Waals surface area (Å²) in [6, 6.07) is -0.0233. The van der Waals surface area contributed by atoms with Crippen LogP contribution in [-0.4, -0.2) is 40.5 Å². The first-order chi connectivity index (χ1) is 7.65. The summed E-state index contributed by atoms with van der Waals surface area (Å²) in [4.78, 5) is 2.23. The monoisotopic (exact) mass is 298 g/mol. The number of nitrogens with zero attached hydrogens (tertiary/aromatic N) is 3. The summed E-state index contributed by atoms with van der Waals surface area (Å²) in [5.41, 5.74) is 7.13. The van der Waals surface area contributed by atoms with Crippen LogP contribution in [0.5, 0.6) is 0 Å². The zero-order valence-corrected chi connectivity index (χ0v) is 12.1. The van der Waals surface area contributed by atoms with Crippen LogP contribution in [0.4, 0.5) is 4.39 Å². The van der Waals surface area contributed by atoms with E-state index in [9.17, 15) is 4.39 Å². The second-order valence-electron chi connectivity index (χ2n) is 4.53. The van der Waals surface area contributed by atoms with Gasteiger partial charge in [0.1, 0.15) is 6.17 Å². The molecule has 1 aliphatic heterocycles. The predicted octanol–water partition coefficient (Wildman–Crippen LogP) is 1.70. The van der Waals surface area contributed by atoms with E-state index >= 15 is 0 Å². The predicted molar refractivity (Wildman–Crippen MR) is 75.2 cm³/mol. The summed E-state index contributed by atoms with van der Waals surface area (Å²) in [6.45, 7) is 2.42. The fourth-order valence-corrected chi connectivity index (χ4v) is 2.10. The number of hydrogen-bond acceptors (Lipinski definition) is 3. The van der Waals surface area contributed by atoms with Gasteiger partial charge in [0.15, 0.2) is 0 Å². The number of aromatic nitrogens is 2. The molecule has 1 aliphatic rings. The van der Waals surface area contributed by atoms with E-state index in [0.717, 1.165) is 25.2 Å². The molecular weight excluding hydrogens is 278 g/mol. The summed E-state index contributed by atoms with van der Waals surface area (Å²) >= 11 is 0. The molecule has 1 aromatic heterocycles. The molecule has 1 aromatic rings. The number of halogens is 3. The summed E-state index contributed by atoms with van der Waals surface area (Å²) in [6.07, 6.45) is 4.39. The fourth-order valence-electron chi connectivity index (χ4n) is 2.10. The molecule has 1 saturated heterocycles. The lowest BCUT2D eigenvalue weighted by Gasteiger charge is -2.30. The van der Waals surface area contributed by atoms with Gasteiger partial charge in [-0.2, -0.15) is 5.10 Å². The van der Waals surface area contributed by atoms with Crippen molar-refractivity contribution < 1.29 is 4.39 Å². The largest absolute Gasteiger partial charge is 0.323 e. The number of likely N-dealkylation sites (tertiary alicyclic amines) is 1. The van der Waals surface area contributed by atoms with Gasteiger partial charge in [0, 0.05) is 44.5 Å². The van der Waals surface area contributed by atoms with E-state index < -0.39 is 6.17 Å². The van der Waals surface area contributed by atoms with Gasteiger partial charge in [0.05, 0.1) is 6.20 Å². The van der Waals surface area contributed by atoms with E-state index in [1.54, 1.807) is 10.9 Å². The zero-order chi connectivity index (χ0) is 11.5. The highest BCUT2D eigenvalue weighted by molar-refractivity contribution is 5.85. The molecule has 0 radical (unpaired) electrons. The van der Waals surface area contributed by atoms with E-state index in [1.807, 2.05) is 13.2 Å². The van der Waals surface area contributed by atoms with E-state index in [2.05, 4.69) is 10.00 Å². The molecule has 1 atom stereocenters. The average Bonchev–Trinajstić information content (AvgIpc) is 2.68. The molecule has 0 spiro atoms. The number of aryl methyl sites for hydroxylation is 1. The smallest absolute Gasteiger partial charge is 0.103 e. The van der Waals surface area contributed by atoms with Crippen molar-refractivity contribution in [3.05, 3.63) is 18.0 Å². The number of rotatable bonds is 3. The lowest BCUT2D eigenvalue weighted by molar-refractivity contribution is 0.145. The highest BCUT2D eigenvalue weighted by atomic mass is 35.5. The molecule has 2 rings (SSSR count). The van der Waals surface area contributed by atoms with Crippen molar-refractivity contribution in [1.82, 2.24) is 14.7 Å². The average molecular weight is 299 g/mol. The van der Waals surface area contributed by atoms with Gasteiger partial charge in [-0.05, 0) is 12.8 Å². The SMILES string of the molecule is Cl.Cl.Cn1cc(C(N)CN2CCC(F)CC2)cn1. The Labute approximate surface area is 120 Å². The number of alkyl halides is 1. The quantitative estimate of drug-likeness (QED) is 0.924. The van der Waals surface area contributed by atoms with Crippen LogP contribution in [0.15, 0.2) is 12.4 Å². The van der Waals surface area contributed by atoms with Gasteiger partial charge in [-0.25, -0.2) is 4.39 Å². The lowest BCUT2D eigenvalue weighted by atomic mass is 10.1. The highest BCUT2D eigenvalue weighted by Gasteiger charge is 2.20. The molecule has 18 heavy (non-hydrogen) atoms. The van der Waals surface area contributed by atoms with Crippen LogP contribution in [0.2, 0.25) is 0 Å². The van der Waals surface area contributed by atoms with Crippen molar-refractivity contribution in [3.63, 3.8) is 0 Å². The lowest BCUT2D eigenvalue weighted by Crippen LogP contribution is -2.38. The molecule has 0 amide bonds. The minimum absolute atomic E-state index is 0. The van der Waals surface area contributed by atoms with Gasteiger partial charge in [-0.3, -0.25) is 4.68 Å². The first-order valence-corrected chi connectivity index (χ1v) is 5.75. The van der Waals surface area contributed by atoms with Gasteiger partial charge in [0.25, 0.3) is 0 Å². The summed E-state index contributed by atoms with van der Waals surface area (Å²) in [5, 5.41) is 4.10. The summed E-state index contributed by atoms with van der Waals surface area (Å²) in [7, 11) is 1.88. The second kappa shape index (κ2) is 7.94. The van der Waals surface area contributed by atoms with E-state index in [-0.39, 0.29) is 30.9 Å². The third kappa shape index (κ3) is 4.72. The Hall–Kier alpha value is -0.360. The van der Waals surface area contributed by atoms with Crippen molar-refractivity contribution >= 4 is 24.8 Å². The Balaban J connectivity index is 0.00000144. The van der Waals surface area contributed by atoms with Gasteiger partial charge in [0.2, 0.25) is 0 Å². The highest BCUT2D eigenvalue weighted by Crippen LogP contribution is 2.16. The van der Waals surface area contributed by atoms with Crippen molar-refractivity contribution in [2.45, 2.75) is 25.1 Å². The molecule has 7 heteroatoms. The van der Waals surface area contributed by atoms with E-state index in [1.165, 1.54) is 0 Å². The molecule has 4 nitrogen and oxygen atoms in total.